The lowest BCUT2D eigenvalue weighted by Crippen LogP contribution is -2.47. The Morgan fingerprint density at radius 1 is 1.24 bits per heavy atom. The molecular formula is C20H33N3O2. The topological polar surface area (TPSA) is 54.9 Å². The molecule has 0 aliphatic heterocycles. The Labute approximate surface area is 152 Å². The van der Waals surface area contributed by atoms with Crippen molar-refractivity contribution in [2.75, 3.05) is 41.0 Å². The summed E-state index contributed by atoms with van der Waals surface area (Å²) >= 11 is 0. The standard InChI is InChI=1S/C20H33N3O2/c1-16-6-7-17(14-18(16)25-4)8-12-22-19(21-2)23-15-20(9-5-10-20)11-13-24-3/h6-7,14H,5,8-13,15H2,1-4H3,(H2,21,22,23). The predicted octanol–water partition coefficient (Wildman–Crippen LogP) is 2.92. The maximum Gasteiger partial charge on any atom is 0.191 e. The van der Waals surface area contributed by atoms with Crippen LogP contribution in [0, 0.1) is 12.3 Å². The van der Waals surface area contributed by atoms with Crippen LogP contribution < -0.4 is 15.4 Å². The van der Waals surface area contributed by atoms with Crippen LogP contribution in [-0.2, 0) is 11.2 Å². The van der Waals surface area contributed by atoms with Crippen LogP contribution in [-0.4, -0.2) is 46.9 Å². The van der Waals surface area contributed by atoms with Gasteiger partial charge in [0.15, 0.2) is 5.96 Å². The molecule has 0 atom stereocenters. The minimum atomic E-state index is 0.387. The van der Waals surface area contributed by atoms with Crippen LogP contribution in [0.25, 0.3) is 0 Å². The van der Waals surface area contributed by atoms with E-state index in [-0.39, 0.29) is 0 Å². The van der Waals surface area contributed by atoms with Crippen molar-refractivity contribution in [1.29, 1.82) is 0 Å². The van der Waals surface area contributed by atoms with E-state index in [0.717, 1.165) is 44.2 Å². The van der Waals surface area contributed by atoms with E-state index in [1.807, 2.05) is 7.05 Å². The number of nitrogens with one attached hydrogen (secondary N) is 2. The molecule has 0 saturated heterocycles. The van der Waals surface area contributed by atoms with Gasteiger partial charge in [0.1, 0.15) is 5.75 Å². The Morgan fingerprint density at radius 2 is 2.04 bits per heavy atom. The number of guanidine groups is 1. The Hall–Kier alpha value is -1.75. The van der Waals surface area contributed by atoms with Gasteiger partial charge in [-0.2, -0.15) is 0 Å². The van der Waals surface area contributed by atoms with Gasteiger partial charge in [0, 0.05) is 33.9 Å². The van der Waals surface area contributed by atoms with E-state index in [2.05, 4.69) is 40.7 Å². The quantitative estimate of drug-likeness (QED) is 0.533. The van der Waals surface area contributed by atoms with E-state index >= 15 is 0 Å². The molecule has 25 heavy (non-hydrogen) atoms. The maximum absolute atomic E-state index is 5.39. The lowest BCUT2D eigenvalue weighted by Gasteiger charge is -2.42. The van der Waals surface area contributed by atoms with Crippen LogP contribution in [0.1, 0.15) is 36.8 Å². The summed E-state index contributed by atoms with van der Waals surface area (Å²) in [6.45, 7) is 4.71. The first-order valence-corrected chi connectivity index (χ1v) is 9.19. The van der Waals surface area contributed by atoms with Gasteiger partial charge in [0.2, 0.25) is 0 Å². The highest BCUT2D eigenvalue weighted by Gasteiger charge is 2.36. The van der Waals surface area contributed by atoms with Crippen LogP contribution in [0.15, 0.2) is 23.2 Å². The zero-order chi connectivity index (χ0) is 18.1. The summed E-state index contributed by atoms with van der Waals surface area (Å²) in [5, 5.41) is 6.91. The van der Waals surface area contributed by atoms with Crippen molar-refractivity contribution in [3.8, 4) is 5.75 Å². The predicted molar refractivity (Wildman–Crippen MR) is 104 cm³/mol. The molecule has 0 spiro atoms. The molecule has 1 fully saturated rings. The fraction of sp³-hybridized carbons (Fsp3) is 0.650. The number of aliphatic imine (C=N–C) groups is 1. The van der Waals surface area contributed by atoms with Gasteiger partial charge in [-0.05, 0) is 55.2 Å². The summed E-state index contributed by atoms with van der Waals surface area (Å²) in [6.07, 6.45) is 5.95. The molecule has 1 aliphatic rings. The number of benzene rings is 1. The Balaban J connectivity index is 1.77. The fourth-order valence-electron chi connectivity index (χ4n) is 3.35. The second-order valence-corrected chi connectivity index (χ2v) is 7.00. The molecule has 0 unspecified atom stereocenters. The van der Waals surface area contributed by atoms with E-state index in [1.54, 1.807) is 14.2 Å². The second kappa shape index (κ2) is 9.66. The Kier molecular flexibility index (Phi) is 7.56. The lowest BCUT2D eigenvalue weighted by atomic mass is 9.67. The summed E-state index contributed by atoms with van der Waals surface area (Å²) in [5.41, 5.74) is 2.82. The molecule has 0 radical (unpaired) electrons. The van der Waals surface area contributed by atoms with Crippen molar-refractivity contribution < 1.29 is 9.47 Å². The average molecular weight is 348 g/mol. The summed E-state index contributed by atoms with van der Waals surface area (Å²) in [6, 6.07) is 6.38. The zero-order valence-corrected chi connectivity index (χ0v) is 16.2. The largest absolute Gasteiger partial charge is 0.496 e. The minimum Gasteiger partial charge on any atom is -0.496 e. The van der Waals surface area contributed by atoms with E-state index in [1.165, 1.54) is 30.4 Å². The molecule has 0 heterocycles. The van der Waals surface area contributed by atoms with Crippen LogP contribution in [0.4, 0.5) is 0 Å². The van der Waals surface area contributed by atoms with Gasteiger partial charge in [-0.3, -0.25) is 4.99 Å². The third-order valence-electron chi connectivity index (χ3n) is 5.28. The molecule has 140 valence electrons. The molecule has 2 rings (SSSR count). The van der Waals surface area contributed by atoms with Gasteiger partial charge < -0.3 is 20.1 Å². The van der Waals surface area contributed by atoms with E-state index in [9.17, 15) is 0 Å². The highest BCUT2D eigenvalue weighted by molar-refractivity contribution is 5.79. The molecule has 0 aromatic heterocycles. The summed E-state index contributed by atoms with van der Waals surface area (Å²) < 4.78 is 10.7. The van der Waals surface area contributed by atoms with Crippen molar-refractivity contribution >= 4 is 5.96 Å². The fourth-order valence-corrected chi connectivity index (χ4v) is 3.35. The van der Waals surface area contributed by atoms with Crippen molar-refractivity contribution in [3.05, 3.63) is 29.3 Å². The molecule has 1 aromatic carbocycles. The molecule has 1 aromatic rings. The van der Waals surface area contributed by atoms with Crippen LogP contribution in [0.5, 0.6) is 5.75 Å². The van der Waals surface area contributed by atoms with Gasteiger partial charge in [0.25, 0.3) is 0 Å². The number of hydrogen-bond donors (Lipinski definition) is 2. The molecular weight excluding hydrogens is 314 g/mol. The van der Waals surface area contributed by atoms with E-state index in [0.29, 0.717) is 5.41 Å². The monoisotopic (exact) mass is 347 g/mol. The number of aryl methyl sites for hydroxylation is 1. The first kappa shape index (κ1) is 19.6. The number of rotatable bonds is 9. The van der Waals surface area contributed by atoms with Crippen molar-refractivity contribution in [3.63, 3.8) is 0 Å². The van der Waals surface area contributed by atoms with Gasteiger partial charge in [-0.1, -0.05) is 18.6 Å². The molecule has 0 bridgehead atoms. The number of hydrogen-bond acceptors (Lipinski definition) is 3. The van der Waals surface area contributed by atoms with Crippen molar-refractivity contribution in [2.45, 2.75) is 39.0 Å². The Bertz CT molecular complexity index is 568. The highest BCUT2D eigenvalue weighted by atomic mass is 16.5. The highest BCUT2D eigenvalue weighted by Crippen LogP contribution is 2.43. The maximum atomic E-state index is 5.39. The molecule has 1 saturated carbocycles. The molecule has 5 nitrogen and oxygen atoms in total. The Morgan fingerprint density at radius 3 is 2.64 bits per heavy atom. The van der Waals surface area contributed by atoms with Crippen LogP contribution in [0.3, 0.4) is 0 Å². The second-order valence-electron chi connectivity index (χ2n) is 7.00. The molecule has 2 N–H and O–H groups in total. The summed E-state index contributed by atoms with van der Waals surface area (Å²) in [5.74, 6) is 1.83. The average Bonchev–Trinajstić information content (AvgIpc) is 2.60. The first-order chi connectivity index (χ1) is 12.1. The van der Waals surface area contributed by atoms with Crippen LogP contribution in [0.2, 0.25) is 0 Å². The molecule has 5 heteroatoms. The van der Waals surface area contributed by atoms with Crippen molar-refractivity contribution in [1.82, 2.24) is 10.6 Å². The smallest absolute Gasteiger partial charge is 0.191 e. The van der Waals surface area contributed by atoms with Gasteiger partial charge in [-0.15, -0.1) is 0 Å². The van der Waals surface area contributed by atoms with Crippen molar-refractivity contribution in [2.24, 2.45) is 10.4 Å². The number of nitrogens with zero attached hydrogens (tertiary/aromatic N) is 1. The summed E-state index contributed by atoms with van der Waals surface area (Å²) in [7, 11) is 5.32. The van der Waals surface area contributed by atoms with Gasteiger partial charge >= 0.3 is 0 Å². The lowest BCUT2D eigenvalue weighted by molar-refractivity contribution is 0.0732. The minimum absolute atomic E-state index is 0.387. The number of methoxy groups -OCH3 is 2. The molecule has 1 aliphatic carbocycles. The third kappa shape index (κ3) is 5.63. The van der Waals surface area contributed by atoms with Crippen LogP contribution >= 0.6 is 0 Å². The van der Waals surface area contributed by atoms with E-state index in [4.69, 9.17) is 9.47 Å². The van der Waals surface area contributed by atoms with Gasteiger partial charge in [-0.25, -0.2) is 0 Å². The normalized spacial score (nSPS) is 16.2. The first-order valence-electron chi connectivity index (χ1n) is 9.19. The van der Waals surface area contributed by atoms with Gasteiger partial charge in [0.05, 0.1) is 7.11 Å². The summed E-state index contributed by atoms with van der Waals surface area (Å²) in [4.78, 5) is 4.35. The van der Waals surface area contributed by atoms with E-state index < -0.39 is 0 Å². The molecule has 0 amide bonds. The number of ether oxygens (including phenoxy) is 2. The third-order valence-corrected chi connectivity index (χ3v) is 5.28. The zero-order valence-electron chi connectivity index (χ0n) is 16.2. The SMILES string of the molecule is CN=C(NCCc1ccc(C)c(OC)c1)NCC1(CCOC)CCC1.